The van der Waals surface area contributed by atoms with Crippen molar-refractivity contribution in [3.63, 3.8) is 0 Å². The Morgan fingerprint density at radius 1 is 1.86 bits per heavy atom. The molecule has 0 fully saturated rings. The molecule has 0 aromatic rings. The quantitative estimate of drug-likeness (QED) is 0.529. The van der Waals surface area contributed by atoms with E-state index in [-0.39, 0.29) is 0 Å². The lowest BCUT2D eigenvalue weighted by atomic mass is 10.2. The van der Waals surface area contributed by atoms with Crippen LogP contribution in [0.2, 0.25) is 0 Å². The van der Waals surface area contributed by atoms with Crippen molar-refractivity contribution in [2.24, 2.45) is 0 Å². The van der Waals surface area contributed by atoms with Gasteiger partial charge in [-0.1, -0.05) is 6.92 Å². The summed E-state index contributed by atoms with van der Waals surface area (Å²) in [7, 11) is 0. The fraction of sp³-hybridized carbons (Fsp3) is 0.800. The molecule has 0 saturated carbocycles. The molecule has 0 aliphatic rings. The highest BCUT2D eigenvalue weighted by molar-refractivity contribution is 6.27. The Balaban J connectivity index is 3.14. The van der Waals surface area contributed by atoms with Crippen LogP contribution in [0.5, 0.6) is 0 Å². The van der Waals surface area contributed by atoms with Crippen LogP contribution in [0.15, 0.2) is 0 Å². The van der Waals surface area contributed by atoms with Crippen molar-refractivity contribution in [3.05, 3.63) is 5.38 Å². The number of rotatable bonds is 2. The minimum atomic E-state index is -0.952. The van der Waals surface area contributed by atoms with Gasteiger partial charge in [0, 0.05) is 0 Å². The molecule has 0 bridgehead atoms. The standard InChI is InChI=1S/C5H9ClF/c1-3-5(6)4(2)7/h4H,3H2,1-2H3. The molecular weight excluding hydrogens is 115 g/mol. The third-order valence-electron chi connectivity index (χ3n) is 0.769. The average molecular weight is 124 g/mol. The van der Waals surface area contributed by atoms with Crippen molar-refractivity contribution in [2.75, 3.05) is 0 Å². The van der Waals surface area contributed by atoms with Gasteiger partial charge in [0.15, 0.2) is 0 Å². The molecule has 0 nitrogen and oxygen atoms in total. The van der Waals surface area contributed by atoms with E-state index in [1.807, 2.05) is 6.92 Å². The third-order valence-corrected chi connectivity index (χ3v) is 1.34. The Labute approximate surface area is 48.7 Å². The van der Waals surface area contributed by atoms with Gasteiger partial charge >= 0.3 is 0 Å². The summed E-state index contributed by atoms with van der Waals surface area (Å²) < 4.78 is 11.9. The van der Waals surface area contributed by atoms with Crippen molar-refractivity contribution >= 4 is 11.6 Å². The number of halogens is 2. The summed E-state index contributed by atoms with van der Waals surface area (Å²) in [4.78, 5) is 0. The Morgan fingerprint density at radius 2 is 2.29 bits per heavy atom. The molecule has 0 N–H and O–H groups in total. The second kappa shape index (κ2) is 3.25. The zero-order chi connectivity index (χ0) is 5.86. The van der Waals surface area contributed by atoms with Gasteiger partial charge in [-0.2, -0.15) is 0 Å². The minimum absolute atomic E-state index is 0.403. The van der Waals surface area contributed by atoms with Crippen molar-refractivity contribution in [3.8, 4) is 0 Å². The third kappa shape index (κ3) is 2.86. The van der Waals surface area contributed by atoms with Crippen LogP contribution in [-0.4, -0.2) is 6.17 Å². The highest BCUT2D eigenvalue weighted by Gasteiger charge is 2.09. The summed E-state index contributed by atoms with van der Waals surface area (Å²) in [5.41, 5.74) is 0. The molecule has 0 amide bonds. The van der Waals surface area contributed by atoms with E-state index in [0.29, 0.717) is 11.8 Å². The molecule has 7 heavy (non-hydrogen) atoms. The zero-order valence-electron chi connectivity index (χ0n) is 4.54. The SMILES string of the molecule is CC[C](Cl)C(C)F. The first-order chi connectivity index (χ1) is 3.18. The van der Waals surface area contributed by atoms with Gasteiger partial charge in [0.05, 0.1) is 5.38 Å². The lowest BCUT2D eigenvalue weighted by molar-refractivity contribution is 0.388. The van der Waals surface area contributed by atoms with E-state index < -0.39 is 6.17 Å². The molecule has 1 atom stereocenters. The van der Waals surface area contributed by atoms with E-state index in [4.69, 9.17) is 11.6 Å². The minimum Gasteiger partial charge on any atom is -0.246 e. The predicted octanol–water partition coefficient (Wildman–Crippen LogP) is 2.53. The van der Waals surface area contributed by atoms with Gasteiger partial charge in [-0.15, -0.1) is 11.6 Å². The lowest BCUT2D eigenvalue weighted by Crippen LogP contribution is -1.99. The summed E-state index contributed by atoms with van der Waals surface area (Å²) in [6.07, 6.45) is -0.328. The molecule has 1 radical (unpaired) electrons. The number of hydrogen-bond donors (Lipinski definition) is 0. The van der Waals surface area contributed by atoms with E-state index in [0.717, 1.165) is 0 Å². The Hall–Kier alpha value is 0.220. The van der Waals surface area contributed by atoms with Crippen LogP contribution in [0, 0.1) is 5.38 Å². The van der Waals surface area contributed by atoms with E-state index in [9.17, 15) is 4.39 Å². The molecule has 0 aromatic carbocycles. The molecule has 2 heteroatoms. The smallest absolute Gasteiger partial charge is 0.118 e. The van der Waals surface area contributed by atoms with Crippen LogP contribution < -0.4 is 0 Å². The normalized spacial score (nSPS) is 15.0. The van der Waals surface area contributed by atoms with Crippen molar-refractivity contribution in [2.45, 2.75) is 26.4 Å². The first-order valence-electron chi connectivity index (χ1n) is 2.33. The Morgan fingerprint density at radius 3 is 2.29 bits per heavy atom. The van der Waals surface area contributed by atoms with Crippen LogP contribution in [0.1, 0.15) is 20.3 Å². The van der Waals surface area contributed by atoms with E-state index in [1.165, 1.54) is 6.92 Å². The largest absolute Gasteiger partial charge is 0.246 e. The van der Waals surface area contributed by atoms with Crippen molar-refractivity contribution in [1.82, 2.24) is 0 Å². The molecule has 0 rings (SSSR count). The maximum absolute atomic E-state index is 11.9. The fourth-order valence-electron chi connectivity index (χ4n) is 0.281. The van der Waals surface area contributed by atoms with E-state index in [2.05, 4.69) is 0 Å². The van der Waals surface area contributed by atoms with Crippen molar-refractivity contribution in [1.29, 1.82) is 0 Å². The van der Waals surface area contributed by atoms with Gasteiger partial charge in [0.1, 0.15) is 6.17 Å². The highest BCUT2D eigenvalue weighted by Crippen LogP contribution is 2.17. The maximum atomic E-state index is 11.9. The van der Waals surface area contributed by atoms with Crippen LogP contribution in [0.4, 0.5) is 4.39 Å². The van der Waals surface area contributed by atoms with Crippen LogP contribution in [0.3, 0.4) is 0 Å². The fourth-order valence-corrected chi connectivity index (χ4v) is 0.281. The summed E-state index contributed by atoms with van der Waals surface area (Å²) in [5.74, 6) is 0. The average Bonchev–Trinajstić information content (AvgIpc) is 1.65. The molecule has 0 saturated heterocycles. The van der Waals surface area contributed by atoms with Gasteiger partial charge in [0.2, 0.25) is 0 Å². The number of hydrogen-bond acceptors (Lipinski definition) is 0. The second-order valence-corrected chi connectivity index (χ2v) is 1.90. The predicted molar refractivity (Wildman–Crippen MR) is 30.0 cm³/mol. The molecular formula is C5H9ClF. The van der Waals surface area contributed by atoms with Crippen LogP contribution in [0.25, 0.3) is 0 Å². The topological polar surface area (TPSA) is 0 Å². The number of alkyl halides is 1. The van der Waals surface area contributed by atoms with E-state index in [1.54, 1.807) is 0 Å². The Kier molecular flexibility index (Phi) is 3.35. The van der Waals surface area contributed by atoms with Gasteiger partial charge < -0.3 is 0 Å². The lowest BCUT2D eigenvalue weighted by Gasteiger charge is -2.02. The van der Waals surface area contributed by atoms with E-state index >= 15 is 0 Å². The maximum Gasteiger partial charge on any atom is 0.118 e. The molecule has 1 unspecified atom stereocenters. The molecule has 0 aliphatic heterocycles. The van der Waals surface area contributed by atoms with Gasteiger partial charge in [-0.3, -0.25) is 0 Å². The first-order valence-corrected chi connectivity index (χ1v) is 2.71. The van der Waals surface area contributed by atoms with Gasteiger partial charge in [0.25, 0.3) is 0 Å². The molecule has 0 aliphatic carbocycles. The summed E-state index contributed by atoms with van der Waals surface area (Å²) in [5, 5.41) is 0.403. The monoisotopic (exact) mass is 123 g/mol. The van der Waals surface area contributed by atoms with Gasteiger partial charge in [-0.05, 0) is 13.3 Å². The van der Waals surface area contributed by atoms with Gasteiger partial charge in [-0.25, -0.2) is 4.39 Å². The summed E-state index contributed by atoms with van der Waals surface area (Å²) >= 11 is 5.34. The second-order valence-electron chi connectivity index (χ2n) is 1.42. The van der Waals surface area contributed by atoms with Crippen LogP contribution in [-0.2, 0) is 0 Å². The zero-order valence-corrected chi connectivity index (χ0v) is 5.30. The van der Waals surface area contributed by atoms with Crippen LogP contribution >= 0.6 is 11.6 Å². The van der Waals surface area contributed by atoms with Crippen molar-refractivity contribution < 1.29 is 4.39 Å². The summed E-state index contributed by atoms with van der Waals surface area (Å²) in [6.45, 7) is 3.27. The first kappa shape index (κ1) is 7.22. The molecule has 0 heterocycles. The summed E-state index contributed by atoms with van der Waals surface area (Å²) in [6, 6.07) is 0. The molecule has 43 valence electrons. The molecule has 0 spiro atoms. The Bertz CT molecular complexity index is 45.3. The highest BCUT2D eigenvalue weighted by atomic mass is 35.5. The molecule has 0 aromatic heterocycles.